The minimum atomic E-state index is -0.957. The van der Waals surface area contributed by atoms with Gasteiger partial charge in [-0.05, 0) is 20.8 Å². The summed E-state index contributed by atoms with van der Waals surface area (Å²) in [7, 11) is 1.64. The van der Waals surface area contributed by atoms with E-state index >= 15 is 0 Å². The first-order valence-electron chi connectivity index (χ1n) is 5.32. The molecule has 1 heterocycles. The van der Waals surface area contributed by atoms with E-state index in [0.717, 1.165) is 5.13 Å². The van der Waals surface area contributed by atoms with E-state index < -0.39 is 11.4 Å². The van der Waals surface area contributed by atoms with Gasteiger partial charge in [-0.15, -0.1) is 11.3 Å². The zero-order valence-electron chi connectivity index (χ0n) is 10.5. The molecule has 0 aliphatic carbocycles. The first-order valence-corrected chi connectivity index (χ1v) is 6.20. The molecule has 0 aliphatic rings. The van der Waals surface area contributed by atoms with Crippen molar-refractivity contribution in [2.75, 3.05) is 19.0 Å². The molecule has 1 rings (SSSR count). The number of thiazole rings is 1. The number of nitrogens with zero attached hydrogens (tertiary/aromatic N) is 1. The van der Waals surface area contributed by atoms with Gasteiger partial charge in [0, 0.05) is 18.5 Å². The molecule has 0 amide bonds. The first-order chi connectivity index (χ1) is 7.87. The summed E-state index contributed by atoms with van der Waals surface area (Å²) in [6.07, 6.45) is 0. The molecular formula is C11H18N2O3S. The number of rotatable bonds is 6. The number of methoxy groups -OCH3 is 1. The van der Waals surface area contributed by atoms with Crippen LogP contribution < -0.4 is 5.32 Å². The van der Waals surface area contributed by atoms with E-state index in [0.29, 0.717) is 12.3 Å². The molecule has 1 aromatic heterocycles. The molecule has 17 heavy (non-hydrogen) atoms. The Kier molecular flexibility index (Phi) is 4.47. The summed E-state index contributed by atoms with van der Waals surface area (Å²) < 4.78 is 5.01. The van der Waals surface area contributed by atoms with Crippen molar-refractivity contribution in [3.05, 3.63) is 11.1 Å². The summed E-state index contributed by atoms with van der Waals surface area (Å²) in [5, 5.41) is 14.8. The normalized spacial score (nSPS) is 13.4. The van der Waals surface area contributed by atoms with Crippen molar-refractivity contribution in [3.63, 3.8) is 0 Å². The average molecular weight is 258 g/mol. The van der Waals surface area contributed by atoms with E-state index in [2.05, 4.69) is 10.3 Å². The molecule has 0 radical (unpaired) electrons. The molecule has 0 aliphatic heterocycles. The van der Waals surface area contributed by atoms with Crippen LogP contribution in [0.25, 0.3) is 0 Å². The molecule has 5 nitrogen and oxygen atoms in total. The van der Waals surface area contributed by atoms with Crippen LogP contribution in [0.3, 0.4) is 0 Å². The fraction of sp³-hybridized carbons (Fsp3) is 0.636. The van der Waals surface area contributed by atoms with E-state index in [9.17, 15) is 4.79 Å². The minimum Gasteiger partial charge on any atom is -0.481 e. The number of aromatic nitrogens is 1. The molecule has 2 N–H and O–H groups in total. The zero-order valence-corrected chi connectivity index (χ0v) is 11.3. The van der Waals surface area contributed by atoms with E-state index in [4.69, 9.17) is 9.84 Å². The van der Waals surface area contributed by atoms with Crippen LogP contribution in [-0.2, 0) is 14.9 Å². The summed E-state index contributed by atoms with van der Waals surface area (Å²) in [5.41, 5.74) is -0.386. The van der Waals surface area contributed by atoms with E-state index in [1.165, 1.54) is 11.3 Å². The number of nitrogens with one attached hydrogen (secondary N) is 1. The number of hydrogen-bond donors (Lipinski definition) is 2. The fourth-order valence-corrected chi connectivity index (χ4v) is 2.23. The summed E-state index contributed by atoms with van der Waals surface area (Å²) in [6.45, 7) is 5.85. The van der Waals surface area contributed by atoms with Crippen LogP contribution in [0.2, 0.25) is 0 Å². The molecule has 1 atom stereocenters. The van der Waals surface area contributed by atoms with E-state index in [1.54, 1.807) is 26.3 Å². The van der Waals surface area contributed by atoms with Crippen LogP contribution in [-0.4, -0.2) is 35.8 Å². The molecule has 6 heteroatoms. The van der Waals surface area contributed by atoms with Gasteiger partial charge in [0.1, 0.15) is 5.41 Å². The fourth-order valence-electron chi connectivity index (χ4n) is 1.24. The van der Waals surface area contributed by atoms with Crippen LogP contribution in [0.5, 0.6) is 0 Å². The van der Waals surface area contributed by atoms with Crippen molar-refractivity contribution in [2.45, 2.75) is 32.2 Å². The van der Waals surface area contributed by atoms with Gasteiger partial charge in [-0.1, -0.05) is 0 Å². The second-order valence-corrected chi connectivity index (χ2v) is 5.33. The molecule has 0 aromatic carbocycles. The lowest BCUT2D eigenvalue weighted by Crippen LogP contribution is -2.29. The van der Waals surface area contributed by atoms with Crippen LogP contribution in [0.1, 0.15) is 26.5 Å². The Balaban J connectivity index is 2.75. The average Bonchev–Trinajstić information content (AvgIpc) is 2.66. The van der Waals surface area contributed by atoms with Gasteiger partial charge < -0.3 is 15.2 Å². The monoisotopic (exact) mass is 258 g/mol. The molecule has 0 bridgehead atoms. The van der Waals surface area contributed by atoms with Crippen molar-refractivity contribution in [1.82, 2.24) is 4.98 Å². The Labute approximate surface area is 105 Å². The number of carboxylic acids is 1. The Hall–Kier alpha value is -1.14. The summed E-state index contributed by atoms with van der Waals surface area (Å²) in [4.78, 5) is 15.4. The van der Waals surface area contributed by atoms with Crippen molar-refractivity contribution in [3.8, 4) is 0 Å². The second kappa shape index (κ2) is 5.46. The molecule has 96 valence electrons. The highest BCUT2D eigenvalue weighted by atomic mass is 32.1. The number of carbonyl (C=O) groups is 1. The predicted octanol–water partition coefficient (Wildman–Crippen LogP) is 1.95. The topological polar surface area (TPSA) is 71.5 Å². The Morgan fingerprint density at radius 1 is 1.71 bits per heavy atom. The van der Waals surface area contributed by atoms with Crippen molar-refractivity contribution in [1.29, 1.82) is 0 Å². The van der Waals surface area contributed by atoms with Crippen molar-refractivity contribution >= 4 is 22.4 Å². The summed E-state index contributed by atoms with van der Waals surface area (Å²) in [5.74, 6) is -0.876. The van der Waals surface area contributed by atoms with Gasteiger partial charge in [0.25, 0.3) is 0 Å². The maximum absolute atomic E-state index is 11.1. The van der Waals surface area contributed by atoms with Gasteiger partial charge in [0.2, 0.25) is 0 Å². The second-order valence-electron chi connectivity index (χ2n) is 4.47. The van der Waals surface area contributed by atoms with Crippen LogP contribution in [0.15, 0.2) is 5.38 Å². The highest BCUT2D eigenvalue weighted by Gasteiger charge is 2.32. The quantitative estimate of drug-likeness (QED) is 0.816. The molecule has 0 fully saturated rings. The minimum absolute atomic E-state index is 0.145. The summed E-state index contributed by atoms with van der Waals surface area (Å²) >= 11 is 1.41. The number of carboxylic acid groups (broad SMARTS) is 1. The van der Waals surface area contributed by atoms with Gasteiger partial charge in [-0.3, -0.25) is 4.79 Å². The van der Waals surface area contributed by atoms with Gasteiger partial charge in [0.05, 0.1) is 12.3 Å². The number of hydrogen-bond acceptors (Lipinski definition) is 5. The smallest absolute Gasteiger partial charge is 0.315 e. The highest BCUT2D eigenvalue weighted by molar-refractivity contribution is 7.13. The maximum atomic E-state index is 11.1. The largest absolute Gasteiger partial charge is 0.481 e. The number of aliphatic carboxylic acids is 1. The summed E-state index contributed by atoms with van der Waals surface area (Å²) in [6, 6.07) is 0.145. The Morgan fingerprint density at radius 2 is 2.35 bits per heavy atom. The highest BCUT2D eigenvalue weighted by Crippen LogP contribution is 2.27. The molecule has 0 spiro atoms. The predicted molar refractivity (Wildman–Crippen MR) is 67.7 cm³/mol. The Morgan fingerprint density at radius 3 is 2.88 bits per heavy atom. The molecule has 1 aromatic rings. The van der Waals surface area contributed by atoms with Gasteiger partial charge in [0.15, 0.2) is 5.13 Å². The lowest BCUT2D eigenvalue weighted by atomic mass is 9.90. The van der Waals surface area contributed by atoms with Crippen molar-refractivity contribution in [2.24, 2.45) is 0 Å². The zero-order chi connectivity index (χ0) is 13.1. The third kappa shape index (κ3) is 3.41. The SMILES string of the molecule is COCC(C)Nc1nc(C(C)(C)C(=O)O)cs1. The molecule has 0 saturated heterocycles. The molecule has 1 unspecified atom stereocenters. The van der Waals surface area contributed by atoms with Crippen LogP contribution in [0, 0.1) is 0 Å². The van der Waals surface area contributed by atoms with Gasteiger partial charge in [-0.2, -0.15) is 0 Å². The maximum Gasteiger partial charge on any atom is 0.315 e. The third-order valence-electron chi connectivity index (χ3n) is 2.47. The van der Waals surface area contributed by atoms with Crippen LogP contribution in [0.4, 0.5) is 5.13 Å². The van der Waals surface area contributed by atoms with E-state index in [-0.39, 0.29) is 6.04 Å². The first kappa shape index (κ1) is 13.9. The van der Waals surface area contributed by atoms with E-state index in [1.807, 2.05) is 6.92 Å². The van der Waals surface area contributed by atoms with Gasteiger partial charge in [-0.25, -0.2) is 4.98 Å². The number of anilines is 1. The van der Waals surface area contributed by atoms with Crippen molar-refractivity contribution < 1.29 is 14.6 Å². The van der Waals surface area contributed by atoms with Crippen LogP contribution >= 0.6 is 11.3 Å². The number of ether oxygens (including phenoxy) is 1. The Bertz CT molecular complexity index is 390. The lowest BCUT2D eigenvalue weighted by Gasteiger charge is -2.16. The van der Waals surface area contributed by atoms with Gasteiger partial charge >= 0.3 is 5.97 Å². The molecule has 0 saturated carbocycles. The third-order valence-corrected chi connectivity index (χ3v) is 3.24. The molecular weight excluding hydrogens is 240 g/mol. The standard InChI is InChI=1S/C11H18N2O3S/c1-7(5-16-4)12-10-13-8(6-17-10)11(2,3)9(14)15/h6-7H,5H2,1-4H3,(H,12,13)(H,14,15). The lowest BCUT2D eigenvalue weighted by molar-refractivity contribution is -0.142.